The van der Waals surface area contributed by atoms with Crippen LogP contribution in [-0.4, -0.2) is 31.2 Å². The van der Waals surface area contributed by atoms with E-state index in [1.165, 1.54) is 0 Å². The van der Waals surface area contributed by atoms with E-state index in [-0.39, 0.29) is 6.61 Å². The number of anilines is 1. The van der Waals surface area contributed by atoms with Crippen molar-refractivity contribution in [2.24, 2.45) is 0 Å². The molecule has 0 aromatic carbocycles. The van der Waals surface area contributed by atoms with Crippen LogP contribution in [-0.2, 0) is 4.74 Å². The van der Waals surface area contributed by atoms with Crippen LogP contribution in [0.2, 0.25) is 0 Å². The minimum atomic E-state index is -2.41. The second-order valence-electron chi connectivity index (χ2n) is 3.24. The van der Waals surface area contributed by atoms with Crippen molar-refractivity contribution in [2.45, 2.75) is 13.3 Å². The molecule has 3 nitrogen and oxygen atoms in total. The first kappa shape index (κ1) is 13.3. The number of alkyl halides is 2. The Kier molecular flexibility index (Phi) is 5.62. The molecule has 0 bridgehead atoms. The molecule has 0 fully saturated rings. The molecule has 1 rings (SSSR count). The van der Waals surface area contributed by atoms with Crippen LogP contribution in [0, 0.1) is 6.92 Å². The number of nitrogens with one attached hydrogen (secondary N) is 1. The number of aromatic nitrogens is 1. The maximum absolute atomic E-state index is 11.7. The van der Waals surface area contributed by atoms with Crippen molar-refractivity contribution in [3.63, 3.8) is 0 Å². The van der Waals surface area contributed by atoms with Gasteiger partial charge in [0.15, 0.2) is 0 Å². The molecule has 6 heteroatoms. The number of ether oxygens (including phenoxy) is 1. The summed E-state index contributed by atoms with van der Waals surface area (Å²) >= 11 is 3.35. The lowest BCUT2D eigenvalue weighted by Gasteiger charge is -2.08. The van der Waals surface area contributed by atoms with Crippen LogP contribution < -0.4 is 5.32 Å². The molecule has 1 aromatic heterocycles. The normalized spacial score (nSPS) is 10.8. The summed E-state index contributed by atoms with van der Waals surface area (Å²) in [7, 11) is 0. The largest absolute Gasteiger partial charge is 0.374 e. The van der Waals surface area contributed by atoms with E-state index in [9.17, 15) is 8.78 Å². The number of halogens is 3. The Morgan fingerprint density at radius 3 is 2.94 bits per heavy atom. The lowest BCUT2D eigenvalue weighted by Crippen LogP contribution is -2.13. The SMILES string of the molecule is Cc1cnc(NCCOCC(F)F)c(Br)c1. The first-order valence-corrected chi connectivity index (χ1v) is 5.61. The summed E-state index contributed by atoms with van der Waals surface area (Å²) in [5.74, 6) is 0.686. The van der Waals surface area contributed by atoms with Crippen molar-refractivity contribution in [1.29, 1.82) is 0 Å². The number of aryl methyl sites for hydroxylation is 1. The van der Waals surface area contributed by atoms with Gasteiger partial charge in [-0.15, -0.1) is 0 Å². The van der Waals surface area contributed by atoms with Crippen LogP contribution in [0.1, 0.15) is 5.56 Å². The standard InChI is InChI=1S/C10H13BrF2N2O/c1-7-4-8(11)10(15-5-7)14-2-3-16-6-9(12)13/h4-5,9H,2-3,6H2,1H3,(H,14,15). The van der Waals surface area contributed by atoms with Gasteiger partial charge in [-0.2, -0.15) is 0 Å². The van der Waals surface area contributed by atoms with Crippen LogP contribution in [0.15, 0.2) is 16.7 Å². The van der Waals surface area contributed by atoms with E-state index in [1.54, 1.807) is 6.20 Å². The Bertz CT molecular complexity index is 337. The second kappa shape index (κ2) is 6.75. The molecule has 16 heavy (non-hydrogen) atoms. The molecular formula is C10H13BrF2N2O. The van der Waals surface area contributed by atoms with Crippen molar-refractivity contribution in [2.75, 3.05) is 25.1 Å². The summed E-state index contributed by atoms with van der Waals surface area (Å²) < 4.78 is 29.0. The molecule has 0 amide bonds. The first-order chi connectivity index (χ1) is 7.59. The summed E-state index contributed by atoms with van der Waals surface area (Å²) in [6.07, 6.45) is -0.683. The number of pyridine rings is 1. The van der Waals surface area contributed by atoms with E-state index < -0.39 is 13.0 Å². The van der Waals surface area contributed by atoms with E-state index in [1.807, 2.05) is 13.0 Å². The molecule has 1 N–H and O–H groups in total. The number of rotatable bonds is 6. The zero-order valence-corrected chi connectivity index (χ0v) is 10.4. The van der Waals surface area contributed by atoms with E-state index >= 15 is 0 Å². The van der Waals surface area contributed by atoms with E-state index in [0.717, 1.165) is 10.0 Å². The molecule has 0 atom stereocenters. The van der Waals surface area contributed by atoms with Crippen molar-refractivity contribution in [3.8, 4) is 0 Å². The highest BCUT2D eigenvalue weighted by molar-refractivity contribution is 9.10. The van der Waals surface area contributed by atoms with Gasteiger partial charge in [0.05, 0.1) is 11.1 Å². The second-order valence-corrected chi connectivity index (χ2v) is 4.09. The van der Waals surface area contributed by atoms with Crippen molar-refractivity contribution in [1.82, 2.24) is 4.98 Å². The topological polar surface area (TPSA) is 34.2 Å². The smallest absolute Gasteiger partial charge is 0.261 e. The molecule has 0 aliphatic carbocycles. The highest BCUT2D eigenvalue weighted by Gasteiger charge is 2.02. The van der Waals surface area contributed by atoms with E-state index in [0.29, 0.717) is 12.4 Å². The first-order valence-electron chi connectivity index (χ1n) is 4.81. The average molecular weight is 295 g/mol. The molecule has 0 unspecified atom stereocenters. The van der Waals surface area contributed by atoms with Crippen molar-refractivity contribution in [3.05, 3.63) is 22.3 Å². The Morgan fingerprint density at radius 2 is 2.31 bits per heavy atom. The van der Waals surface area contributed by atoms with Crippen molar-refractivity contribution < 1.29 is 13.5 Å². The highest BCUT2D eigenvalue weighted by Crippen LogP contribution is 2.19. The fourth-order valence-corrected chi connectivity index (χ4v) is 1.68. The Morgan fingerprint density at radius 1 is 1.56 bits per heavy atom. The Balaban J connectivity index is 2.27. The van der Waals surface area contributed by atoms with Crippen LogP contribution in [0.3, 0.4) is 0 Å². The van der Waals surface area contributed by atoms with Crippen LogP contribution in [0.4, 0.5) is 14.6 Å². The summed E-state index contributed by atoms with van der Waals surface area (Å²) in [6.45, 7) is 2.09. The molecule has 0 saturated carbocycles. The third-order valence-electron chi connectivity index (χ3n) is 1.76. The average Bonchev–Trinajstić information content (AvgIpc) is 2.20. The quantitative estimate of drug-likeness (QED) is 0.819. The minimum Gasteiger partial charge on any atom is -0.374 e. The van der Waals surface area contributed by atoms with Gasteiger partial charge in [0, 0.05) is 12.7 Å². The van der Waals surface area contributed by atoms with E-state index in [4.69, 9.17) is 4.74 Å². The number of hydrogen-bond donors (Lipinski definition) is 1. The summed E-state index contributed by atoms with van der Waals surface area (Å²) in [4.78, 5) is 4.15. The molecule has 1 aromatic rings. The third kappa shape index (κ3) is 4.85. The predicted molar refractivity (Wildman–Crippen MR) is 62.0 cm³/mol. The van der Waals surface area contributed by atoms with Gasteiger partial charge in [-0.1, -0.05) is 0 Å². The Labute approximate surface area is 101 Å². The molecule has 0 saturated heterocycles. The van der Waals surface area contributed by atoms with Crippen LogP contribution in [0.25, 0.3) is 0 Å². The Hall–Kier alpha value is -0.750. The van der Waals surface area contributed by atoms with Gasteiger partial charge in [-0.05, 0) is 34.5 Å². The fourth-order valence-electron chi connectivity index (χ4n) is 1.08. The zero-order chi connectivity index (χ0) is 12.0. The van der Waals surface area contributed by atoms with Gasteiger partial charge < -0.3 is 10.1 Å². The maximum Gasteiger partial charge on any atom is 0.261 e. The van der Waals surface area contributed by atoms with Gasteiger partial charge >= 0.3 is 0 Å². The molecular weight excluding hydrogens is 282 g/mol. The van der Waals surface area contributed by atoms with Crippen LogP contribution >= 0.6 is 15.9 Å². The third-order valence-corrected chi connectivity index (χ3v) is 2.37. The van der Waals surface area contributed by atoms with Gasteiger partial charge in [-0.3, -0.25) is 0 Å². The maximum atomic E-state index is 11.7. The predicted octanol–water partition coefficient (Wildman–Crippen LogP) is 2.85. The number of hydrogen-bond acceptors (Lipinski definition) is 3. The molecule has 90 valence electrons. The van der Waals surface area contributed by atoms with Gasteiger partial charge in [0.1, 0.15) is 12.4 Å². The monoisotopic (exact) mass is 294 g/mol. The minimum absolute atomic E-state index is 0.229. The summed E-state index contributed by atoms with van der Waals surface area (Å²) in [6, 6.07) is 1.93. The van der Waals surface area contributed by atoms with Crippen LogP contribution in [0.5, 0.6) is 0 Å². The summed E-state index contributed by atoms with van der Waals surface area (Å²) in [5, 5.41) is 2.99. The van der Waals surface area contributed by atoms with Gasteiger partial charge in [0.25, 0.3) is 6.43 Å². The number of nitrogens with zero attached hydrogens (tertiary/aromatic N) is 1. The zero-order valence-electron chi connectivity index (χ0n) is 8.84. The van der Waals surface area contributed by atoms with Crippen molar-refractivity contribution >= 4 is 21.7 Å². The lowest BCUT2D eigenvalue weighted by atomic mass is 10.3. The molecule has 1 heterocycles. The van der Waals surface area contributed by atoms with Gasteiger partial charge in [-0.25, -0.2) is 13.8 Å². The summed E-state index contributed by atoms with van der Waals surface area (Å²) in [5.41, 5.74) is 1.05. The molecule has 0 spiro atoms. The molecule has 0 aliphatic heterocycles. The lowest BCUT2D eigenvalue weighted by molar-refractivity contribution is 0.0214. The fraction of sp³-hybridized carbons (Fsp3) is 0.500. The molecule has 0 radical (unpaired) electrons. The van der Waals surface area contributed by atoms with Gasteiger partial charge in [0.2, 0.25) is 0 Å². The molecule has 0 aliphatic rings. The van der Waals surface area contributed by atoms with E-state index in [2.05, 4.69) is 26.2 Å². The highest BCUT2D eigenvalue weighted by atomic mass is 79.9.